The normalized spacial score (nSPS) is 10.1. The maximum atomic E-state index is 8.29. The van der Waals surface area contributed by atoms with Gasteiger partial charge in [0.15, 0.2) is 0 Å². The van der Waals surface area contributed by atoms with E-state index in [1.807, 2.05) is 31.2 Å². The van der Waals surface area contributed by atoms with Gasteiger partial charge < -0.3 is 0 Å². The zero-order valence-electron chi connectivity index (χ0n) is 8.68. The first-order valence-electron chi connectivity index (χ1n) is 4.78. The highest BCUT2D eigenvalue weighted by Gasteiger charge is 2.08. The van der Waals surface area contributed by atoms with Crippen LogP contribution in [0.15, 0.2) is 29.4 Å². The lowest BCUT2D eigenvalue weighted by Gasteiger charge is -2.07. The molecule has 0 spiro atoms. The van der Waals surface area contributed by atoms with Gasteiger partial charge in [0, 0.05) is 10.3 Å². The Balaban J connectivity index is 2.68. The molecule has 2 rings (SSSR count). The maximum absolute atomic E-state index is 8.29. The van der Waals surface area contributed by atoms with Crippen molar-refractivity contribution in [3.8, 4) is 0 Å². The van der Waals surface area contributed by atoms with Crippen LogP contribution in [0.2, 0.25) is 5.02 Å². The van der Waals surface area contributed by atoms with Crippen molar-refractivity contribution in [3.63, 3.8) is 0 Å². The number of aryl methyl sites for hydroxylation is 1. The minimum atomic E-state index is 0.182. The van der Waals surface area contributed by atoms with E-state index in [1.54, 1.807) is 0 Å². The first kappa shape index (κ1) is 10.7. The number of rotatable bonds is 2. The fraction of sp³-hybridized carbons (Fsp3) is 0.182. The summed E-state index contributed by atoms with van der Waals surface area (Å²) in [5.74, 6) is 0. The fourth-order valence-electron chi connectivity index (χ4n) is 1.62. The topological polar surface area (TPSA) is 61.7 Å². The first-order chi connectivity index (χ1) is 7.74. The highest BCUT2D eigenvalue weighted by atomic mass is 35.5. The highest BCUT2D eigenvalue weighted by Crippen LogP contribution is 2.27. The van der Waals surface area contributed by atoms with E-state index in [1.165, 1.54) is 0 Å². The molecule has 0 bridgehead atoms. The van der Waals surface area contributed by atoms with E-state index in [-0.39, 0.29) is 6.54 Å². The van der Waals surface area contributed by atoms with Crippen LogP contribution < -0.4 is 0 Å². The van der Waals surface area contributed by atoms with Gasteiger partial charge in [0.05, 0.1) is 22.8 Å². The Hall–Kier alpha value is -1.77. The van der Waals surface area contributed by atoms with E-state index in [0.29, 0.717) is 10.7 Å². The van der Waals surface area contributed by atoms with Crippen molar-refractivity contribution in [3.05, 3.63) is 51.0 Å². The molecule has 80 valence electrons. The average Bonchev–Trinajstić information content (AvgIpc) is 2.32. The lowest BCUT2D eigenvalue weighted by molar-refractivity contribution is 0.986. The number of aromatic nitrogens is 1. The van der Waals surface area contributed by atoms with Gasteiger partial charge in [-0.3, -0.25) is 4.98 Å². The summed E-state index contributed by atoms with van der Waals surface area (Å²) in [6.45, 7) is 2.12. The molecule has 0 N–H and O–H groups in total. The minimum Gasteiger partial charge on any atom is -0.251 e. The molecular formula is C11H9ClN4. The lowest BCUT2D eigenvalue weighted by Crippen LogP contribution is -1.93. The van der Waals surface area contributed by atoms with Crippen molar-refractivity contribution in [2.24, 2.45) is 5.11 Å². The summed E-state index contributed by atoms with van der Waals surface area (Å²) in [5, 5.41) is 5.08. The Bertz CT molecular complexity index is 588. The molecule has 16 heavy (non-hydrogen) atoms. The Kier molecular flexibility index (Phi) is 2.95. The molecule has 0 fully saturated rings. The Morgan fingerprint density at radius 2 is 2.19 bits per heavy atom. The second-order valence-corrected chi connectivity index (χ2v) is 3.78. The van der Waals surface area contributed by atoms with E-state index in [9.17, 15) is 0 Å². The summed E-state index contributed by atoms with van der Waals surface area (Å²) in [7, 11) is 0. The quantitative estimate of drug-likeness (QED) is 0.438. The summed E-state index contributed by atoms with van der Waals surface area (Å²) in [6, 6.07) is 7.75. The van der Waals surface area contributed by atoms with E-state index in [4.69, 9.17) is 17.1 Å². The van der Waals surface area contributed by atoms with Crippen LogP contribution in [0, 0.1) is 6.92 Å². The van der Waals surface area contributed by atoms with Crippen molar-refractivity contribution in [2.75, 3.05) is 0 Å². The molecule has 0 unspecified atom stereocenters. The van der Waals surface area contributed by atoms with Gasteiger partial charge in [0.25, 0.3) is 0 Å². The number of azide groups is 1. The van der Waals surface area contributed by atoms with Crippen molar-refractivity contribution < 1.29 is 0 Å². The summed E-state index contributed by atoms with van der Waals surface area (Å²) < 4.78 is 0. The summed E-state index contributed by atoms with van der Waals surface area (Å²) in [4.78, 5) is 7.08. The molecule has 5 heteroatoms. The van der Waals surface area contributed by atoms with Gasteiger partial charge in [-0.05, 0) is 24.1 Å². The van der Waals surface area contributed by atoms with Gasteiger partial charge in [-0.15, -0.1) is 0 Å². The summed E-state index contributed by atoms with van der Waals surface area (Å²) >= 11 is 6.16. The first-order valence-corrected chi connectivity index (χ1v) is 5.16. The van der Waals surface area contributed by atoms with Crippen molar-refractivity contribution in [1.29, 1.82) is 0 Å². The number of nitrogens with zero attached hydrogens (tertiary/aromatic N) is 4. The van der Waals surface area contributed by atoms with Gasteiger partial charge >= 0.3 is 0 Å². The molecule has 0 aliphatic carbocycles. The van der Waals surface area contributed by atoms with Gasteiger partial charge in [-0.1, -0.05) is 34.9 Å². The minimum absolute atomic E-state index is 0.182. The maximum Gasteiger partial charge on any atom is 0.0709 e. The third kappa shape index (κ3) is 1.81. The van der Waals surface area contributed by atoms with Crippen molar-refractivity contribution in [2.45, 2.75) is 13.5 Å². The number of para-hydroxylation sites is 1. The van der Waals surface area contributed by atoms with Crippen LogP contribution in [0.5, 0.6) is 0 Å². The molecule has 0 radical (unpaired) electrons. The largest absolute Gasteiger partial charge is 0.251 e. The molecule has 0 saturated heterocycles. The smallest absolute Gasteiger partial charge is 0.0709 e. The zero-order valence-corrected chi connectivity index (χ0v) is 9.44. The van der Waals surface area contributed by atoms with Crippen molar-refractivity contribution in [1.82, 2.24) is 4.98 Å². The van der Waals surface area contributed by atoms with Crippen LogP contribution in [-0.2, 0) is 6.54 Å². The van der Waals surface area contributed by atoms with E-state index >= 15 is 0 Å². The number of benzene rings is 1. The number of hydrogen-bond acceptors (Lipinski definition) is 2. The zero-order chi connectivity index (χ0) is 11.5. The second kappa shape index (κ2) is 4.39. The predicted octanol–water partition coefficient (Wildman–Crippen LogP) is 4.01. The number of fused-ring (bicyclic) bond motifs is 1. The van der Waals surface area contributed by atoms with Crippen molar-refractivity contribution >= 4 is 22.5 Å². The molecule has 0 atom stereocenters. The molecule has 1 aromatic heterocycles. The van der Waals surface area contributed by atoms with Crippen LogP contribution in [0.3, 0.4) is 0 Å². The Labute approximate surface area is 97.5 Å². The molecule has 0 saturated carbocycles. The van der Waals surface area contributed by atoms with Crippen LogP contribution in [0.4, 0.5) is 0 Å². The van der Waals surface area contributed by atoms with Gasteiger partial charge in [0.2, 0.25) is 0 Å². The molecule has 0 aliphatic rings. The van der Waals surface area contributed by atoms with Crippen LogP contribution in [-0.4, -0.2) is 4.98 Å². The number of halogens is 1. The molecule has 0 amide bonds. The standard InChI is InChI=1S/C11H9ClN4/c1-7-8-4-2-3-5-9(8)15-10(11(7)12)6-14-16-13/h2-5H,6H2,1H3. The molecule has 2 aromatic rings. The van der Waals surface area contributed by atoms with Crippen LogP contribution in [0.1, 0.15) is 11.3 Å². The molecule has 0 aliphatic heterocycles. The fourth-order valence-corrected chi connectivity index (χ4v) is 1.82. The number of hydrogen-bond donors (Lipinski definition) is 0. The lowest BCUT2D eigenvalue weighted by atomic mass is 10.1. The third-order valence-electron chi connectivity index (χ3n) is 2.43. The highest BCUT2D eigenvalue weighted by molar-refractivity contribution is 6.32. The van der Waals surface area contributed by atoms with E-state index in [2.05, 4.69) is 15.0 Å². The molecular weight excluding hydrogens is 224 g/mol. The monoisotopic (exact) mass is 232 g/mol. The molecule has 1 heterocycles. The molecule has 1 aromatic carbocycles. The van der Waals surface area contributed by atoms with Gasteiger partial charge in [-0.25, -0.2) is 0 Å². The van der Waals surface area contributed by atoms with Gasteiger partial charge in [-0.2, -0.15) is 0 Å². The molecule has 4 nitrogen and oxygen atoms in total. The van der Waals surface area contributed by atoms with Gasteiger partial charge in [0.1, 0.15) is 0 Å². The number of pyridine rings is 1. The van der Waals surface area contributed by atoms with Crippen LogP contribution in [0.25, 0.3) is 21.3 Å². The Morgan fingerprint density at radius 1 is 1.44 bits per heavy atom. The summed E-state index contributed by atoms with van der Waals surface area (Å²) in [5.41, 5.74) is 10.7. The second-order valence-electron chi connectivity index (χ2n) is 3.40. The summed E-state index contributed by atoms with van der Waals surface area (Å²) in [6.07, 6.45) is 0. The Morgan fingerprint density at radius 3 is 2.94 bits per heavy atom. The van der Waals surface area contributed by atoms with Crippen LogP contribution >= 0.6 is 11.6 Å². The average molecular weight is 233 g/mol. The van der Waals surface area contributed by atoms with E-state index in [0.717, 1.165) is 16.5 Å². The van der Waals surface area contributed by atoms with E-state index < -0.39 is 0 Å². The predicted molar refractivity (Wildman–Crippen MR) is 64.3 cm³/mol. The SMILES string of the molecule is Cc1c(Cl)c(CN=[N+]=[N-])nc2ccccc12. The third-order valence-corrected chi connectivity index (χ3v) is 2.93.